The standard InChI is InChI=1S/C20H27N3O7S/c1-13-10-15-16(30-14(2)19(25)21-15)11-17(13)31(26,27)22(3)12-18(24)23-6-4-20(5-7-23)28-8-9-29-20/h10-11,14H,4-9,12H2,1-3H3,(H,21,25)/t14-/m1/s1. The Hall–Kier alpha value is -2.21. The van der Waals surface area contributed by atoms with Crippen LogP contribution in [0.15, 0.2) is 17.0 Å². The van der Waals surface area contributed by atoms with Crippen molar-refractivity contribution >= 4 is 27.5 Å². The molecule has 3 aliphatic rings. The maximum atomic E-state index is 13.2. The summed E-state index contributed by atoms with van der Waals surface area (Å²) in [6.45, 7) is 4.97. The fraction of sp³-hybridized carbons (Fsp3) is 0.600. The average Bonchev–Trinajstić information content (AvgIpc) is 3.17. The third kappa shape index (κ3) is 4.14. The largest absolute Gasteiger partial charge is 0.479 e. The molecule has 3 aliphatic heterocycles. The fourth-order valence-corrected chi connectivity index (χ4v) is 5.38. The van der Waals surface area contributed by atoms with Gasteiger partial charge in [-0.05, 0) is 25.5 Å². The number of carbonyl (C=O) groups is 2. The van der Waals surface area contributed by atoms with E-state index >= 15 is 0 Å². The quantitative estimate of drug-likeness (QED) is 0.714. The molecule has 2 saturated heterocycles. The minimum atomic E-state index is -3.95. The number of anilines is 1. The van der Waals surface area contributed by atoms with Crippen LogP contribution < -0.4 is 10.1 Å². The van der Waals surface area contributed by atoms with Gasteiger partial charge < -0.3 is 24.4 Å². The molecular weight excluding hydrogens is 426 g/mol. The molecule has 1 N–H and O–H groups in total. The minimum absolute atomic E-state index is 0.0373. The molecule has 10 nitrogen and oxygen atoms in total. The van der Waals surface area contributed by atoms with Crippen molar-refractivity contribution in [1.29, 1.82) is 0 Å². The van der Waals surface area contributed by atoms with Gasteiger partial charge in [0.2, 0.25) is 15.9 Å². The summed E-state index contributed by atoms with van der Waals surface area (Å²) in [5.74, 6) is -0.871. The second kappa shape index (κ2) is 8.05. The number of benzene rings is 1. The van der Waals surface area contributed by atoms with E-state index < -0.39 is 21.9 Å². The first kappa shape index (κ1) is 22.0. The van der Waals surface area contributed by atoms with Crippen LogP contribution in [0.25, 0.3) is 0 Å². The van der Waals surface area contributed by atoms with Crippen LogP contribution in [0.1, 0.15) is 25.3 Å². The van der Waals surface area contributed by atoms with Crippen LogP contribution in [-0.4, -0.2) is 81.2 Å². The molecule has 0 bridgehead atoms. The number of hydrogen-bond donors (Lipinski definition) is 1. The number of likely N-dealkylation sites (N-methyl/N-ethyl adjacent to an activating group) is 1. The Morgan fingerprint density at radius 2 is 1.90 bits per heavy atom. The highest BCUT2D eigenvalue weighted by atomic mass is 32.2. The van der Waals surface area contributed by atoms with Crippen molar-refractivity contribution < 1.29 is 32.2 Å². The monoisotopic (exact) mass is 453 g/mol. The van der Waals surface area contributed by atoms with Crippen molar-refractivity contribution in [1.82, 2.24) is 9.21 Å². The van der Waals surface area contributed by atoms with Gasteiger partial charge in [0.05, 0.1) is 30.3 Å². The van der Waals surface area contributed by atoms with Crippen LogP contribution in [0.4, 0.5) is 5.69 Å². The van der Waals surface area contributed by atoms with E-state index in [9.17, 15) is 18.0 Å². The molecule has 0 aliphatic carbocycles. The van der Waals surface area contributed by atoms with Crippen LogP contribution in [0, 0.1) is 6.92 Å². The molecule has 1 atom stereocenters. The number of nitrogens with zero attached hydrogens (tertiary/aromatic N) is 2. The Morgan fingerprint density at radius 3 is 2.55 bits per heavy atom. The maximum Gasteiger partial charge on any atom is 0.265 e. The Balaban J connectivity index is 1.46. The van der Waals surface area contributed by atoms with Gasteiger partial charge in [-0.1, -0.05) is 0 Å². The Bertz CT molecular complexity index is 994. The number of piperidine rings is 1. The molecule has 31 heavy (non-hydrogen) atoms. The molecule has 0 radical (unpaired) electrons. The summed E-state index contributed by atoms with van der Waals surface area (Å²) in [7, 11) is -2.57. The number of carbonyl (C=O) groups excluding carboxylic acids is 2. The molecule has 3 heterocycles. The van der Waals surface area contributed by atoms with Crippen molar-refractivity contribution in [2.75, 3.05) is 45.2 Å². The lowest BCUT2D eigenvalue weighted by Gasteiger charge is -2.38. The molecule has 0 unspecified atom stereocenters. The first-order valence-corrected chi connectivity index (χ1v) is 11.7. The van der Waals surface area contributed by atoms with Gasteiger partial charge in [0.25, 0.3) is 5.91 Å². The van der Waals surface area contributed by atoms with E-state index in [0.717, 1.165) is 4.31 Å². The summed E-state index contributed by atoms with van der Waals surface area (Å²) in [5, 5.41) is 2.70. The lowest BCUT2D eigenvalue weighted by Crippen LogP contribution is -2.50. The molecule has 4 rings (SSSR count). The predicted molar refractivity (Wildman–Crippen MR) is 110 cm³/mol. The summed E-state index contributed by atoms with van der Waals surface area (Å²) in [6.07, 6.45) is 0.418. The molecular formula is C20H27N3O7S. The van der Waals surface area contributed by atoms with E-state index in [4.69, 9.17) is 14.2 Å². The zero-order chi connectivity index (χ0) is 22.4. The Morgan fingerprint density at radius 1 is 1.26 bits per heavy atom. The highest BCUT2D eigenvalue weighted by Crippen LogP contribution is 2.35. The molecule has 1 spiro atoms. The van der Waals surface area contributed by atoms with Crippen LogP contribution >= 0.6 is 0 Å². The number of amides is 2. The van der Waals surface area contributed by atoms with E-state index in [2.05, 4.69) is 5.32 Å². The first-order chi connectivity index (χ1) is 14.6. The molecule has 0 saturated carbocycles. The van der Waals surface area contributed by atoms with Gasteiger partial charge in [0, 0.05) is 39.0 Å². The Kier molecular flexibility index (Phi) is 5.71. The van der Waals surface area contributed by atoms with Crippen molar-refractivity contribution in [2.45, 2.75) is 43.5 Å². The van der Waals surface area contributed by atoms with Crippen molar-refractivity contribution in [3.05, 3.63) is 17.7 Å². The van der Waals surface area contributed by atoms with Crippen LogP contribution in [-0.2, 0) is 29.1 Å². The molecule has 0 aromatic heterocycles. The lowest BCUT2D eigenvalue weighted by atomic mass is 10.0. The van der Waals surface area contributed by atoms with Crippen molar-refractivity contribution in [3.63, 3.8) is 0 Å². The molecule has 170 valence electrons. The van der Waals surface area contributed by atoms with Gasteiger partial charge in [-0.25, -0.2) is 8.42 Å². The van der Waals surface area contributed by atoms with Gasteiger partial charge in [0.1, 0.15) is 5.75 Å². The highest BCUT2D eigenvalue weighted by Gasteiger charge is 2.41. The summed E-state index contributed by atoms with van der Waals surface area (Å²) in [5.41, 5.74) is 0.879. The second-order valence-electron chi connectivity index (χ2n) is 8.11. The summed E-state index contributed by atoms with van der Waals surface area (Å²) < 4.78 is 44.3. The number of nitrogens with one attached hydrogen (secondary N) is 1. The number of aryl methyl sites for hydroxylation is 1. The van der Waals surface area contributed by atoms with E-state index in [1.54, 1.807) is 24.8 Å². The number of hydrogen-bond acceptors (Lipinski definition) is 7. The molecule has 1 aromatic rings. The topological polar surface area (TPSA) is 114 Å². The molecule has 11 heteroatoms. The van der Waals surface area contributed by atoms with E-state index in [-0.39, 0.29) is 29.0 Å². The number of ether oxygens (including phenoxy) is 3. The van der Waals surface area contributed by atoms with Gasteiger partial charge in [0.15, 0.2) is 11.9 Å². The SMILES string of the molecule is Cc1cc2c(cc1S(=O)(=O)N(C)CC(=O)N1CCC3(CC1)OCCO3)O[C@H](C)C(=O)N2. The zero-order valence-electron chi connectivity index (χ0n) is 17.8. The summed E-state index contributed by atoms with van der Waals surface area (Å²) >= 11 is 0. The van der Waals surface area contributed by atoms with Crippen LogP contribution in [0.5, 0.6) is 5.75 Å². The van der Waals surface area contributed by atoms with Gasteiger partial charge in [-0.15, -0.1) is 0 Å². The second-order valence-corrected chi connectivity index (χ2v) is 10.1. The predicted octanol–water partition coefficient (Wildman–Crippen LogP) is 0.700. The fourth-order valence-electron chi connectivity index (χ4n) is 4.05. The van der Waals surface area contributed by atoms with Gasteiger partial charge in [-0.2, -0.15) is 4.31 Å². The van der Waals surface area contributed by atoms with Gasteiger partial charge >= 0.3 is 0 Å². The summed E-state index contributed by atoms with van der Waals surface area (Å²) in [6, 6.07) is 2.96. The maximum absolute atomic E-state index is 13.2. The average molecular weight is 454 g/mol. The normalized spacial score (nSPS) is 22.9. The number of likely N-dealkylation sites (tertiary alicyclic amines) is 1. The minimum Gasteiger partial charge on any atom is -0.479 e. The number of sulfonamides is 1. The van der Waals surface area contributed by atoms with Crippen LogP contribution in [0.2, 0.25) is 0 Å². The molecule has 2 amide bonds. The van der Waals surface area contributed by atoms with Gasteiger partial charge in [-0.3, -0.25) is 9.59 Å². The lowest BCUT2D eigenvalue weighted by molar-refractivity contribution is -0.187. The third-order valence-corrected chi connectivity index (χ3v) is 7.89. The highest BCUT2D eigenvalue weighted by molar-refractivity contribution is 7.89. The first-order valence-electron chi connectivity index (χ1n) is 10.3. The molecule has 1 aromatic carbocycles. The van der Waals surface area contributed by atoms with E-state index in [1.807, 2.05) is 0 Å². The molecule has 2 fully saturated rings. The number of rotatable bonds is 4. The Labute approximate surface area is 181 Å². The smallest absolute Gasteiger partial charge is 0.265 e. The van der Waals surface area contributed by atoms with Crippen LogP contribution in [0.3, 0.4) is 0 Å². The van der Waals surface area contributed by atoms with E-state index in [0.29, 0.717) is 50.4 Å². The summed E-state index contributed by atoms with van der Waals surface area (Å²) in [4.78, 5) is 26.2. The number of fused-ring (bicyclic) bond motifs is 1. The van der Waals surface area contributed by atoms with E-state index in [1.165, 1.54) is 13.1 Å². The van der Waals surface area contributed by atoms with Crippen molar-refractivity contribution in [3.8, 4) is 5.75 Å². The zero-order valence-corrected chi connectivity index (χ0v) is 18.7. The van der Waals surface area contributed by atoms with Crippen molar-refractivity contribution in [2.24, 2.45) is 0 Å². The third-order valence-electron chi connectivity index (χ3n) is 5.95.